The summed E-state index contributed by atoms with van der Waals surface area (Å²) >= 11 is 1.88. The van der Waals surface area contributed by atoms with E-state index >= 15 is 0 Å². The van der Waals surface area contributed by atoms with Crippen LogP contribution in [-0.4, -0.2) is 4.57 Å². The number of rotatable bonds is 7. The summed E-state index contributed by atoms with van der Waals surface area (Å²) in [4.78, 5) is 2.47. The molecule has 0 bridgehead atoms. The largest absolute Gasteiger partial charge is 0.310 e. The Balaban J connectivity index is 1.09. The third-order valence-corrected chi connectivity index (χ3v) is 13.0. The van der Waals surface area contributed by atoms with Crippen LogP contribution >= 0.6 is 11.3 Å². The number of aromatic nitrogens is 1. The van der Waals surface area contributed by atoms with Crippen LogP contribution in [0.25, 0.3) is 81.0 Å². The summed E-state index contributed by atoms with van der Waals surface area (Å²) in [6.45, 7) is 4.49. The lowest BCUT2D eigenvalue weighted by Gasteiger charge is -2.28. The molecule has 59 heavy (non-hydrogen) atoms. The van der Waals surface area contributed by atoms with Crippen LogP contribution in [0.5, 0.6) is 0 Å². The molecular formula is C56H40N2S. The topological polar surface area (TPSA) is 8.17 Å². The van der Waals surface area contributed by atoms with Crippen LogP contribution in [0.1, 0.15) is 11.1 Å². The number of hydrogen-bond donors (Lipinski definition) is 0. The fourth-order valence-electron chi connectivity index (χ4n) is 9.21. The molecule has 2 aromatic heterocycles. The highest BCUT2D eigenvalue weighted by Gasteiger charge is 2.23. The van der Waals surface area contributed by atoms with Gasteiger partial charge >= 0.3 is 0 Å². The van der Waals surface area contributed by atoms with Crippen LogP contribution in [0, 0.1) is 13.8 Å². The van der Waals surface area contributed by atoms with Gasteiger partial charge in [0.25, 0.3) is 0 Å². The molecule has 0 spiro atoms. The first-order valence-corrected chi connectivity index (χ1v) is 21.1. The second kappa shape index (κ2) is 14.3. The van der Waals surface area contributed by atoms with E-state index in [-0.39, 0.29) is 0 Å². The molecule has 0 saturated carbocycles. The van der Waals surface area contributed by atoms with E-state index in [0.717, 1.165) is 17.1 Å². The first-order valence-electron chi connectivity index (χ1n) is 20.3. The molecule has 280 valence electrons. The van der Waals surface area contributed by atoms with Crippen molar-refractivity contribution in [3.63, 3.8) is 0 Å². The van der Waals surface area contributed by atoms with Gasteiger partial charge in [0.05, 0.1) is 16.7 Å². The highest BCUT2D eigenvalue weighted by Crippen LogP contribution is 2.49. The van der Waals surface area contributed by atoms with Crippen molar-refractivity contribution in [2.45, 2.75) is 13.8 Å². The van der Waals surface area contributed by atoms with Gasteiger partial charge in [0.1, 0.15) is 0 Å². The van der Waals surface area contributed by atoms with E-state index < -0.39 is 0 Å². The van der Waals surface area contributed by atoms with Gasteiger partial charge in [-0.05, 0) is 119 Å². The third-order valence-electron chi connectivity index (χ3n) is 11.8. The summed E-state index contributed by atoms with van der Waals surface area (Å²) in [6.07, 6.45) is 0. The minimum absolute atomic E-state index is 1.12. The standard InChI is InChI=1S/C56H40N2S/c1-37-35-45(36-38(2)54(37)42-17-7-4-8-18-42)57(43-29-25-40(26-30-43)39-15-5-3-6-16-39)52-34-33-46(56-55(52)49-21-11-14-24-53(49)59-56)41-27-31-44(32-28-41)58-50-22-12-9-19-47(50)48-20-10-13-23-51(48)58/h3-36H,1-2H3. The van der Waals surface area contributed by atoms with Gasteiger partial charge < -0.3 is 9.47 Å². The number of hydrogen-bond acceptors (Lipinski definition) is 2. The Kier molecular flexibility index (Phi) is 8.49. The smallest absolute Gasteiger partial charge is 0.0555 e. The lowest BCUT2D eigenvalue weighted by Crippen LogP contribution is -2.11. The van der Waals surface area contributed by atoms with Crippen molar-refractivity contribution in [1.29, 1.82) is 0 Å². The molecule has 0 unspecified atom stereocenters. The zero-order valence-corrected chi connectivity index (χ0v) is 33.7. The van der Waals surface area contributed by atoms with Gasteiger partial charge in [-0.1, -0.05) is 146 Å². The van der Waals surface area contributed by atoms with Gasteiger partial charge in [0, 0.05) is 48.0 Å². The van der Waals surface area contributed by atoms with Gasteiger partial charge in [-0.15, -0.1) is 11.3 Å². The fraction of sp³-hybridized carbons (Fsp3) is 0.0357. The lowest BCUT2D eigenvalue weighted by molar-refractivity contribution is 1.18. The molecule has 11 rings (SSSR count). The summed E-state index contributed by atoms with van der Waals surface area (Å²) in [5, 5.41) is 5.08. The molecule has 3 heteroatoms. The predicted molar refractivity (Wildman–Crippen MR) is 254 cm³/mol. The molecule has 0 saturated heterocycles. The van der Waals surface area contributed by atoms with E-state index in [9.17, 15) is 0 Å². The van der Waals surface area contributed by atoms with E-state index in [1.165, 1.54) is 92.2 Å². The molecule has 9 aromatic carbocycles. The summed E-state index contributed by atoms with van der Waals surface area (Å²) in [7, 11) is 0. The van der Waals surface area contributed by atoms with Crippen LogP contribution in [0.15, 0.2) is 206 Å². The van der Waals surface area contributed by atoms with Crippen LogP contribution in [0.4, 0.5) is 17.1 Å². The van der Waals surface area contributed by atoms with E-state index in [1.807, 2.05) is 11.3 Å². The maximum absolute atomic E-state index is 2.47. The Hall–Kier alpha value is -7.20. The summed E-state index contributed by atoms with van der Waals surface area (Å²) in [5.74, 6) is 0. The molecule has 0 aliphatic heterocycles. The maximum atomic E-state index is 2.47. The second-order valence-corrected chi connectivity index (χ2v) is 16.5. The summed E-state index contributed by atoms with van der Waals surface area (Å²) in [5.41, 5.74) is 16.9. The van der Waals surface area contributed by atoms with Crippen molar-refractivity contribution in [2.75, 3.05) is 4.90 Å². The fourth-order valence-corrected chi connectivity index (χ4v) is 10.5. The molecule has 2 nitrogen and oxygen atoms in total. The van der Waals surface area contributed by atoms with E-state index in [0.29, 0.717) is 0 Å². The zero-order chi connectivity index (χ0) is 39.5. The highest BCUT2D eigenvalue weighted by atomic mass is 32.1. The van der Waals surface area contributed by atoms with Crippen molar-refractivity contribution < 1.29 is 0 Å². The van der Waals surface area contributed by atoms with Crippen LogP contribution in [-0.2, 0) is 0 Å². The number of aryl methyl sites for hydroxylation is 2. The molecular weight excluding hydrogens is 733 g/mol. The predicted octanol–water partition coefficient (Wildman–Crippen LogP) is 16.2. The summed E-state index contributed by atoms with van der Waals surface area (Å²) < 4.78 is 4.96. The molecule has 11 aromatic rings. The molecule has 0 radical (unpaired) electrons. The number of thiophene rings is 1. The Labute approximate surface area is 348 Å². The number of para-hydroxylation sites is 2. The molecule has 0 N–H and O–H groups in total. The molecule has 2 heterocycles. The van der Waals surface area contributed by atoms with Gasteiger partial charge in [-0.3, -0.25) is 0 Å². The Morgan fingerprint density at radius 3 is 1.59 bits per heavy atom. The summed E-state index contributed by atoms with van der Waals surface area (Å²) in [6, 6.07) is 75.3. The Morgan fingerprint density at radius 2 is 0.949 bits per heavy atom. The van der Waals surface area contributed by atoms with E-state index in [4.69, 9.17) is 0 Å². The van der Waals surface area contributed by atoms with Crippen LogP contribution in [0.2, 0.25) is 0 Å². The minimum Gasteiger partial charge on any atom is -0.310 e. The SMILES string of the molecule is Cc1cc(N(c2ccc(-c3ccccc3)cc2)c2ccc(-c3ccc(-n4c5ccccc5c5ccccc54)cc3)c3sc4ccccc4c23)cc(C)c1-c1ccccc1. The van der Waals surface area contributed by atoms with Gasteiger partial charge in [-0.2, -0.15) is 0 Å². The van der Waals surface area contributed by atoms with Crippen LogP contribution < -0.4 is 4.90 Å². The number of benzene rings is 9. The van der Waals surface area contributed by atoms with Gasteiger partial charge in [0.2, 0.25) is 0 Å². The molecule has 0 amide bonds. The quantitative estimate of drug-likeness (QED) is 0.157. The lowest BCUT2D eigenvalue weighted by atomic mass is 9.94. The third kappa shape index (κ3) is 5.93. The minimum atomic E-state index is 1.12. The number of nitrogens with zero attached hydrogens (tertiary/aromatic N) is 2. The number of fused-ring (bicyclic) bond motifs is 6. The normalized spacial score (nSPS) is 11.6. The number of anilines is 3. The highest BCUT2D eigenvalue weighted by molar-refractivity contribution is 7.26. The average molecular weight is 773 g/mol. The Bertz CT molecular complexity index is 3240. The van der Waals surface area contributed by atoms with E-state index in [2.05, 4.69) is 230 Å². The van der Waals surface area contributed by atoms with Gasteiger partial charge in [-0.25, -0.2) is 0 Å². The zero-order valence-electron chi connectivity index (χ0n) is 32.9. The monoisotopic (exact) mass is 772 g/mol. The maximum Gasteiger partial charge on any atom is 0.0555 e. The molecule has 0 aliphatic carbocycles. The Morgan fingerprint density at radius 1 is 0.424 bits per heavy atom. The van der Waals surface area contributed by atoms with E-state index in [1.54, 1.807) is 0 Å². The van der Waals surface area contributed by atoms with Crippen molar-refractivity contribution in [3.8, 4) is 39.1 Å². The van der Waals surface area contributed by atoms with Crippen molar-refractivity contribution >= 4 is 70.4 Å². The van der Waals surface area contributed by atoms with Crippen molar-refractivity contribution in [1.82, 2.24) is 4.57 Å². The van der Waals surface area contributed by atoms with Gasteiger partial charge in [0.15, 0.2) is 0 Å². The molecule has 0 fully saturated rings. The first kappa shape index (κ1) is 35.0. The van der Waals surface area contributed by atoms with Crippen LogP contribution in [0.3, 0.4) is 0 Å². The van der Waals surface area contributed by atoms with Crippen molar-refractivity contribution in [2.24, 2.45) is 0 Å². The average Bonchev–Trinajstić information content (AvgIpc) is 3.84. The van der Waals surface area contributed by atoms with Crippen molar-refractivity contribution in [3.05, 3.63) is 217 Å². The molecule has 0 aliphatic rings. The second-order valence-electron chi connectivity index (χ2n) is 15.4. The first-order chi connectivity index (χ1) is 29.1. The molecule has 0 atom stereocenters.